The Morgan fingerprint density at radius 2 is 1.74 bits per heavy atom. The van der Waals surface area contributed by atoms with Crippen LogP contribution in [0.4, 0.5) is 14.5 Å². The minimum Gasteiger partial charge on any atom is -0.489 e. The molecule has 1 aromatic heterocycles. The van der Waals surface area contributed by atoms with Crippen molar-refractivity contribution < 1.29 is 60.1 Å². The van der Waals surface area contributed by atoms with Gasteiger partial charge < -0.3 is 33.2 Å². The van der Waals surface area contributed by atoms with Crippen LogP contribution in [0.1, 0.15) is 59.7 Å². The van der Waals surface area contributed by atoms with Gasteiger partial charge in [0.1, 0.15) is 28.5 Å². The number of benzene rings is 2. The second-order valence-corrected chi connectivity index (χ2v) is 16.8. The minimum atomic E-state index is -3.81. The van der Waals surface area contributed by atoms with E-state index in [0.717, 1.165) is 38.4 Å². The van der Waals surface area contributed by atoms with Crippen LogP contribution >= 0.6 is 23.2 Å². The molecular weight excluding hydrogens is 811 g/mol. The van der Waals surface area contributed by atoms with Crippen molar-refractivity contribution in [3.8, 4) is 17.2 Å². The number of morpholine rings is 1. The molecule has 2 saturated heterocycles. The lowest BCUT2D eigenvalue weighted by atomic mass is 10.0. The van der Waals surface area contributed by atoms with E-state index in [2.05, 4.69) is 9.88 Å². The third-order valence-electron chi connectivity index (χ3n) is 9.73. The molecule has 1 N–H and O–H groups in total. The SMILES string of the molecule is CS(=O)(=O)N(CCN1CCOCC1)c1ccc(C(=O)O[C@@H](Cc2c(Cl)c[nH+]cc2Cl)c2ccc(OC(F)F)c(OCC3CC3)c2)cc1OCCOC1CCCCO1. The fraction of sp³-hybridized carbons (Fsp3) is 0.538. The van der Waals surface area contributed by atoms with Crippen LogP contribution in [0.5, 0.6) is 17.2 Å². The standard InChI is InChI=1S/C39H47Cl2F2N3O10S/c1-57(48,49)46(12-11-45-13-16-50-17-14-45)32-9-7-28(21-35(32)51-18-19-53-37-4-2-3-15-52-37)38(47)55-34(22-29-30(40)23-44-24-31(29)41)27-8-10-33(56-39(42)43)36(20-27)54-25-26-5-6-26/h7-10,20-21,23-24,26,34,37,39H,2-6,11-19,22,25H2,1H3/p+1/t34-,37?/m0/s1. The highest BCUT2D eigenvalue weighted by molar-refractivity contribution is 7.92. The van der Waals surface area contributed by atoms with Crippen LogP contribution in [0.3, 0.4) is 0 Å². The average Bonchev–Trinajstić information content (AvgIpc) is 4.02. The number of esters is 1. The monoisotopic (exact) mass is 858 g/mol. The molecule has 3 aromatic rings. The lowest BCUT2D eigenvalue weighted by Crippen LogP contribution is -2.43. The number of sulfonamides is 1. The highest BCUT2D eigenvalue weighted by Gasteiger charge is 2.29. The first-order valence-electron chi connectivity index (χ1n) is 19.0. The zero-order valence-electron chi connectivity index (χ0n) is 31.6. The van der Waals surface area contributed by atoms with Gasteiger partial charge in [-0.1, -0.05) is 29.3 Å². The fourth-order valence-corrected chi connectivity index (χ4v) is 7.92. The number of nitrogens with zero attached hydrogens (tertiary/aromatic N) is 2. The van der Waals surface area contributed by atoms with E-state index in [1.165, 1.54) is 53.1 Å². The highest BCUT2D eigenvalue weighted by Crippen LogP contribution is 2.39. The molecule has 2 aliphatic heterocycles. The van der Waals surface area contributed by atoms with Gasteiger partial charge in [-0.05, 0) is 73.9 Å². The second-order valence-electron chi connectivity index (χ2n) is 14.1. The molecule has 13 nitrogen and oxygen atoms in total. The van der Waals surface area contributed by atoms with Crippen LogP contribution in [0.25, 0.3) is 0 Å². The van der Waals surface area contributed by atoms with Crippen molar-refractivity contribution in [2.24, 2.45) is 5.92 Å². The molecule has 1 unspecified atom stereocenters. The molecule has 0 spiro atoms. The van der Waals surface area contributed by atoms with E-state index >= 15 is 0 Å². The van der Waals surface area contributed by atoms with Crippen LogP contribution in [0, 0.1) is 5.92 Å². The third-order valence-corrected chi connectivity index (χ3v) is 11.6. The molecule has 2 atom stereocenters. The summed E-state index contributed by atoms with van der Waals surface area (Å²) >= 11 is 13.1. The molecule has 18 heteroatoms. The summed E-state index contributed by atoms with van der Waals surface area (Å²) in [6, 6.07) is 8.74. The van der Waals surface area contributed by atoms with Gasteiger partial charge in [0.05, 0.1) is 43.9 Å². The van der Waals surface area contributed by atoms with Crippen LogP contribution in [0.15, 0.2) is 48.8 Å². The first-order chi connectivity index (χ1) is 27.4. The molecule has 2 aromatic carbocycles. The maximum Gasteiger partial charge on any atom is 0.387 e. The largest absolute Gasteiger partial charge is 0.489 e. The third kappa shape index (κ3) is 12.7. The number of hydrogen-bond acceptors (Lipinski definition) is 11. The van der Waals surface area contributed by atoms with E-state index in [1.807, 2.05) is 0 Å². The van der Waals surface area contributed by atoms with Crippen molar-refractivity contribution in [3.05, 3.63) is 75.5 Å². The number of anilines is 1. The van der Waals surface area contributed by atoms with Crippen LogP contribution in [-0.4, -0.2) is 104 Å². The van der Waals surface area contributed by atoms with Crippen LogP contribution in [-0.2, 0) is 35.4 Å². The Bertz CT molecular complexity index is 1890. The minimum absolute atomic E-state index is 0.000611. The Morgan fingerprint density at radius 3 is 2.42 bits per heavy atom. The normalized spacial score (nSPS) is 18.2. The van der Waals surface area contributed by atoms with Gasteiger partial charge in [0.25, 0.3) is 0 Å². The summed E-state index contributed by atoms with van der Waals surface area (Å²) in [5.41, 5.74) is 1.16. The van der Waals surface area contributed by atoms with E-state index in [4.69, 9.17) is 56.4 Å². The molecule has 57 heavy (non-hydrogen) atoms. The molecule has 3 heterocycles. The van der Waals surface area contributed by atoms with Crippen LogP contribution in [0.2, 0.25) is 10.0 Å². The van der Waals surface area contributed by atoms with E-state index in [1.54, 1.807) is 0 Å². The summed E-state index contributed by atoms with van der Waals surface area (Å²) in [5.74, 6) is -0.450. The quantitative estimate of drug-likeness (QED) is 0.0928. The molecule has 0 bridgehead atoms. The number of aromatic amines is 1. The molecule has 0 radical (unpaired) electrons. The summed E-state index contributed by atoms with van der Waals surface area (Å²) in [5, 5.41) is 0.565. The molecule has 6 rings (SSSR count). The Morgan fingerprint density at radius 1 is 0.965 bits per heavy atom. The number of rotatable bonds is 20. The van der Waals surface area contributed by atoms with Crippen molar-refractivity contribution in [1.82, 2.24) is 4.90 Å². The first-order valence-corrected chi connectivity index (χ1v) is 21.6. The van der Waals surface area contributed by atoms with E-state index in [-0.39, 0.29) is 71.0 Å². The molecule has 1 aliphatic carbocycles. The van der Waals surface area contributed by atoms with E-state index < -0.39 is 28.7 Å². The predicted octanol–water partition coefficient (Wildman–Crippen LogP) is 6.36. The van der Waals surface area contributed by atoms with Crippen molar-refractivity contribution in [2.45, 2.75) is 57.5 Å². The van der Waals surface area contributed by atoms with Crippen LogP contribution < -0.4 is 23.5 Å². The number of hydrogen-bond donors (Lipinski definition) is 0. The Kier molecular flexibility index (Phi) is 15.5. The number of nitrogens with one attached hydrogen (secondary N) is 1. The van der Waals surface area contributed by atoms with Gasteiger partial charge in [-0.3, -0.25) is 9.21 Å². The number of carbonyl (C=O) groups is 1. The average molecular weight is 860 g/mol. The van der Waals surface area contributed by atoms with Gasteiger partial charge in [-0.15, -0.1) is 0 Å². The molecule has 3 aliphatic rings. The molecule has 1 saturated carbocycles. The number of ether oxygens (including phenoxy) is 7. The maximum atomic E-state index is 14.1. The van der Waals surface area contributed by atoms with Gasteiger partial charge in [-0.25, -0.2) is 18.2 Å². The highest BCUT2D eigenvalue weighted by atomic mass is 35.5. The summed E-state index contributed by atoms with van der Waals surface area (Å²) in [6.45, 7) is 1.03. The van der Waals surface area contributed by atoms with Gasteiger partial charge in [0, 0.05) is 44.8 Å². The van der Waals surface area contributed by atoms with E-state index in [0.29, 0.717) is 63.1 Å². The number of pyridine rings is 1. The van der Waals surface area contributed by atoms with Gasteiger partial charge in [0.2, 0.25) is 10.0 Å². The second kappa shape index (κ2) is 20.5. The zero-order chi connectivity index (χ0) is 40.4. The maximum absolute atomic E-state index is 14.1. The molecular formula is C39H48Cl2F2N3O10S+. The first kappa shape index (κ1) is 43.1. The summed E-state index contributed by atoms with van der Waals surface area (Å²) < 4.78 is 94.4. The predicted molar refractivity (Wildman–Crippen MR) is 207 cm³/mol. The smallest absolute Gasteiger partial charge is 0.387 e. The van der Waals surface area contributed by atoms with Gasteiger partial charge in [0.15, 0.2) is 30.2 Å². The Balaban J connectivity index is 1.29. The van der Waals surface area contributed by atoms with E-state index in [9.17, 15) is 22.0 Å². The number of alkyl halides is 2. The topological polar surface area (TPSA) is 136 Å². The van der Waals surface area contributed by atoms with Gasteiger partial charge in [-0.2, -0.15) is 8.78 Å². The number of carbonyl (C=O) groups excluding carboxylic acids is 1. The zero-order valence-corrected chi connectivity index (χ0v) is 34.0. The Labute approximate surface area is 341 Å². The van der Waals surface area contributed by atoms with Crippen molar-refractivity contribution in [3.63, 3.8) is 0 Å². The summed E-state index contributed by atoms with van der Waals surface area (Å²) in [4.78, 5) is 19.1. The molecule has 3 fully saturated rings. The number of halogens is 4. The van der Waals surface area contributed by atoms with Crippen molar-refractivity contribution >= 4 is 44.9 Å². The number of H-pyrrole nitrogens is 1. The van der Waals surface area contributed by atoms with Gasteiger partial charge >= 0.3 is 12.6 Å². The molecule has 0 amide bonds. The summed E-state index contributed by atoms with van der Waals surface area (Å²) in [7, 11) is -3.81. The fourth-order valence-electron chi connectivity index (χ4n) is 6.46. The van der Waals surface area contributed by atoms with Crippen molar-refractivity contribution in [2.75, 3.05) is 76.4 Å². The number of aromatic nitrogens is 1. The Hall–Kier alpha value is -3.51. The lowest BCUT2D eigenvalue weighted by molar-refractivity contribution is -0.377. The summed E-state index contributed by atoms with van der Waals surface area (Å²) in [6.07, 6.45) is 7.41. The van der Waals surface area contributed by atoms with Crippen molar-refractivity contribution in [1.29, 1.82) is 0 Å². The lowest BCUT2D eigenvalue weighted by Gasteiger charge is -2.31. The molecule has 312 valence electrons.